The van der Waals surface area contributed by atoms with E-state index in [1.54, 1.807) is 0 Å². The molecule has 0 saturated carbocycles. The van der Waals surface area contributed by atoms with Gasteiger partial charge in [0.2, 0.25) is 5.91 Å². The van der Waals surface area contributed by atoms with Crippen molar-refractivity contribution in [1.29, 1.82) is 0 Å². The number of amides is 1. The number of hydrogen-bond donors (Lipinski definition) is 2. The minimum Gasteiger partial charge on any atom is -0.355 e. The number of rotatable bonds is 4. The Morgan fingerprint density at radius 1 is 1.38 bits per heavy atom. The molecule has 1 amide bonds. The van der Waals surface area contributed by atoms with Crippen LogP contribution in [-0.2, 0) is 4.79 Å². The summed E-state index contributed by atoms with van der Waals surface area (Å²) in [4.78, 5) is 11.6. The SMILES string of the molecule is CCCNC(=O)[C@@H](NC)C(C)(C)C. The van der Waals surface area contributed by atoms with Gasteiger partial charge in [0.15, 0.2) is 0 Å². The van der Waals surface area contributed by atoms with Crippen LogP contribution in [-0.4, -0.2) is 25.5 Å². The van der Waals surface area contributed by atoms with Crippen LogP contribution < -0.4 is 10.6 Å². The molecule has 0 aromatic heterocycles. The molecule has 0 aliphatic carbocycles. The van der Waals surface area contributed by atoms with E-state index in [1.165, 1.54) is 0 Å². The lowest BCUT2D eigenvalue weighted by molar-refractivity contribution is -0.125. The van der Waals surface area contributed by atoms with Gasteiger partial charge in [-0.25, -0.2) is 0 Å². The first kappa shape index (κ1) is 12.4. The zero-order valence-electron chi connectivity index (χ0n) is 9.40. The van der Waals surface area contributed by atoms with Crippen molar-refractivity contribution in [3.05, 3.63) is 0 Å². The Labute approximate surface area is 81.3 Å². The maximum Gasteiger partial charge on any atom is 0.237 e. The standard InChI is InChI=1S/C10H22N2O/c1-6-7-12-9(13)8(11-5)10(2,3)4/h8,11H,6-7H2,1-5H3,(H,12,13)/t8-/m1/s1. The molecule has 0 unspecified atom stereocenters. The minimum absolute atomic E-state index is 0.0351. The van der Waals surface area contributed by atoms with Crippen LogP contribution in [0.5, 0.6) is 0 Å². The number of hydrogen-bond acceptors (Lipinski definition) is 2. The van der Waals surface area contributed by atoms with E-state index in [0.717, 1.165) is 13.0 Å². The molecular formula is C10H22N2O. The second-order valence-corrected chi connectivity index (χ2v) is 4.38. The lowest BCUT2D eigenvalue weighted by Gasteiger charge is -2.29. The molecule has 0 aliphatic rings. The van der Waals surface area contributed by atoms with E-state index in [0.29, 0.717) is 0 Å². The highest BCUT2D eigenvalue weighted by molar-refractivity contribution is 5.82. The summed E-state index contributed by atoms with van der Waals surface area (Å²) in [6.07, 6.45) is 0.978. The zero-order chi connectivity index (χ0) is 10.5. The largest absolute Gasteiger partial charge is 0.355 e. The molecule has 0 spiro atoms. The molecule has 1 atom stereocenters. The summed E-state index contributed by atoms with van der Waals surface area (Å²) in [5.74, 6) is 0.0943. The summed E-state index contributed by atoms with van der Waals surface area (Å²) >= 11 is 0. The summed E-state index contributed by atoms with van der Waals surface area (Å²) in [6.45, 7) is 8.97. The van der Waals surface area contributed by atoms with Gasteiger partial charge in [-0.2, -0.15) is 0 Å². The molecule has 0 aromatic carbocycles. The fourth-order valence-corrected chi connectivity index (χ4v) is 1.31. The first-order chi connectivity index (χ1) is 5.93. The Kier molecular flexibility index (Phi) is 4.99. The van der Waals surface area contributed by atoms with E-state index in [1.807, 2.05) is 14.0 Å². The van der Waals surface area contributed by atoms with Crippen molar-refractivity contribution in [2.24, 2.45) is 5.41 Å². The van der Waals surface area contributed by atoms with Crippen LogP contribution in [0.15, 0.2) is 0 Å². The van der Waals surface area contributed by atoms with Crippen molar-refractivity contribution < 1.29 is 4.79 Å². The van der Waals surface area contributed by atoms with E-state index < -0.39 is 0 Å². The van der Waals surface area contributed by atoms with Crippen LogP contribution in [0.2, 0.25) is 0 Å². The highest BCUT2D eigenvalue weighted by atomic mass is 16.2. The van der Waals surface area contributed by atoms with Crippen LogP contribution >= 0.6 is 0 Å². The quantitative estimate of drug-likeness (QED) is 0.691. The number of nitrogens with one attached hydrogen (secondary N) is 2. The van der Waals surface area contributed by atoms with Crippen molar-refractivity contribution in [2.75, 3.05) is 13.6 Å². The average molecular weight is 186 g/mol. The predicted octanol–water partition coefficient (Wildman–Crippen LogP) is 1.15. The molecule has 0 heterocycles. The third kappa shape index (κ3) is 4.27. The van der Waals surface area contributed by atoms with Gasteiger partial charge in [0.1, 0.15) is 0 Å². The molecule has 3 nitrogen and oxygen atoms in total. The van der Waals surface area contributed by atoms with Gasteiger partial charge in [-0.15, -0.1) is 0 Å². The maximum atomic E-state index is 11.6. The van der Waals surface area contributed by atoms with Crippen molar-refractivity contribution >= 4 is 5.91 Å². The van der Waals surface area contributed by atoms with Gasteiger partial charge in [0.05, 0.1) is 6.04 Å². The molecule has 0 fully saturated rings. The Hall–Kier alpha value is -0.570. The van der Waals surface area contributed by atoms with Gasteiger partial charge < -0.3 is 10.6 Å². The summed E-state index contributed by atoms with van der Waals surface area (Å²) in [7, 11) is 1.82. The third-order valence-electron chi connectivity index (χ3n) is 1.97. The normalized spacial score (nSPS) is 13.9. The average Bonchev–Trinajstić information content (AvgIpc) is 1.99. The van der Waals surface area contributed by atoms with Gasteiger partial charge in [-0.3, -0.25) is 4.79 Å². The highest BCUT2D eigenvalue weighted by Crippen LogP contribution is 2.18. The lowest BCUT2D eigenvalue weighted by Crippen LogP contribution is -2.50. The summed E-state index contributed by atoms with van der Waals surface area (Å²) in [6, 6.07) is -0.112. The van der Waals surface area contributed by atoms with Gasteiger partial charge in [0, 0.05) is 6.54 Å². The molecule has 0 bridgehead atoms. The summed E-state index contributed by atoms with van der Waals surface area (Å²) < 4.78 is 0. The Morgan fingerprint density at radius 3 is 2.23 bits per heavy atom. The van der Waals surface area contributed by atoms with E-state index in [4.69, 9.17) is 0 Å². The minimum atomic E-state index is -0.112. The molecule has 0 radical (unpaired) electrons. The number of likely N-dealkylation sites (N-methyl/N-ethyl adjacent to an activating group) is 1. The van der Waals surface area contributed by atoms with E-state index >= 15 is 0 Å². The van der Waals surface area contributed by atoms with Crippen molar-refractivity contribution in [3.8, 4) is 0 Å². The fraction of sp³-hybridized carbons (Fsp3) is 0.900. The highest BCUT2D eigenvalue weighted by Gasteiger charge is 2.29. The Bertz CT molecular complexity index is 161. The summed E-state index contributed by atoms with van der Waals surface area (Å²) in [5.41, 5.74) is -0.0351. The van der Waals surface area contributed by atoms with Gasteiger partial charge >= 0.3 is 0 Å². The molecule has 2 N–H and O–H groups in total. The smallest absolute Gasteiger partial charge is 0.237 e. The van der Waals surface area contributed by atoms with Crippen molar-refractivity contribution in [2.45, 2.75) is 40.2 Å². The van der Waals surface area contributed by atoms with Gasteiger partial charge in [-0.05, 0) is 18.9 Å². The molecular weight excluding hydrogens is 164 g/mol. The Morgan fingerprint density at radius 2 is 1.92 bits per heavy atom. The van der Waals surface area contributed by atoms with E-state index in [2.05, 4.69) is 31.4 Å². The second-order valence-electron chi connectivity index (χ2n) is 4.38. The van der Waals surface area contributed by atoms with E-state index in [9.17, 15) is 4.79 Å². The Balaban J connectivity index is 4.16. The second kappa shape index (κ2) is 5.22. The van der Waals surface area contributed by atoms with Crippen LogP contribution in [0.3, 0.4) is 0 Å². The van der Waals surface area contributed by atoms with Crippen LogP contribution in [0.25, 0.3) is 0 Å². The summed E-state index contributed by atoms with van der Waals surface area (Å²) in [5, 5.41) is 5.93. The molecule has 0 aromatic rings. The van der Waals surface area contributed by atoms with E-state index in [-0.39, 0.29) is 17.4 Å². The van der Waals surface area contributed by atoms with Gasteiger partial charge in [-0.1, -0.05) is 27.7 Å². The molecule has 0 saturated heterocycles. The zero-order valence-corrected chi connectivity index (χ0v) is 9.40. The topological polar surface area (TPSA) is 41.1 Å². The molecule has 13 heavy (non-hydrogen) atoms. The molecule has 3 heteroatoms. The molecule has 0 rings (SSSR count). The first-order valence-electron chi connectivity index (χ1n) is 4.88. The van der Waals surface area contributed by atoms with Crippen LogP contribution in [0, 0.1) is 5.41 Å². The molecule has 78 valence electrons. The van der Waals surface area contributed by atoms with Crippen molar-refractivity contribution in [3.63, 3.8) is 0 Å². The third-order valence-corrected chi connectivity index (χ3v) is 1.97. The van der Waals surface area contributed by atoms with Crippen LogP contribution in [0.4, 0.5) is 0 Å². The maximum absolute atomic E-state index is 11.6. The van der Waals surface area contributed by atoms with Crippen molar-refractivity contribution in [1.82, 2.24) is 10.6 Å². The first-order valence-corrected chi connectivity index (χ1v) is 4.88. The fourth-order valence-electron chi connectivity index (χ4n) is 1.31. The predicted molar refractivity (Wildman–Crippen MR) is 55.6 cm³/mol. The molecule has 0 aliphatic heterocycles. The number of carbonyl (C=O) groups is 1. The van der Waals surface area contributed by atoms with Crippen LogP contribution in [0.1, 0.15) is 34.1 Å². The monoisotopic (exact) mass is 186 g/mol. The van der Waals surface area contributed by atoms with Gasteiger partial charge in [0.25, 0.3) is 0 Å². The lowest BCUT2D eigenvalue weighted by atomic mass is 9.86. The number of carbonyl (C=O) groups excluding carboxylic acids is 1.